The molecular weight excluding hydrogens is 300 g/mol. The molecule has 1 unspecified atom stereocenters. The molecule has 126 valence electrons. The van der Waals surface area contributed by atoms with Crippen LogP contribution in [0.3, 0.4) is 0 Å². The Bertz CT molecular complexity index is 655. The van der Waals surface area contributed by atoms with Gasteiger partial charge in [-0.25, -0.2) is 0 Å². The van der Waals surface area contributed by atoms with Crippen LogP contribution in [0.15, 0.2) is 54.6 Å². The van der Waals surface area contributed by atoms with Gasteiger partial charge in [0.2, 0.25) is 5.91 Å². The fraction of sp³-hybridized carbons (Fsp3) is 0.350. The van der Waals surface area contributed by atoms with Crippen LogP contribution >= 0.6 is 0 Å². The van der Waals surface area contributed by atoms with Crippen LogP contribution in [-0.4, -0.2) is 32.7 Å². The summed E-state index contributed by atoms with van der Waals surface area (Å²) in [4.78, 5) is 14.4. The number of rotatable bonds is 6. The van der Waals surface area contributed by atoms with Gasteiger partial charge in [0.25, 0.3) is 0 Å². The van der Waals surface area contributed by atoms with Crippen LogP contribution in [0, 0.1) is 5.92 Å². The van der Waals surface area contributed by atoms with Crippen molar-refractivity contribution >= 4 is 11.6 Å². The third kappa shape index (κ3) is 4.28. The van der Waals surface area contributed by atoms with Gasteiger partial charge in [0.15, 0.2) is 0 Å². The molecule has 2 aromatic carbocycles. The van der Waals surface area contributed by atoms with E-state index in [9.17, 15) is 4.79 Å². The second kappa shape index (κ2) is 7.86. The lowest BCUT2D eigenvalue weighted by atomic mass is 10.1. The monoisotopic (exact) mass is 324 g/mol. The number of hydrogen-bond donors (Lipinski definition) is 1. The molecule has 2 aromatic rings. The van der Waals surface area contributed by atoms with E-state index < -0.39 is 0 Å². The first-order valence-electron chi connectivity index (χ1n) is 8.44. The second-order valence-corrected chi connectivity index (χ2v) is 6.27. The molecule has 0 aromatic heterocycles. The standard InChI is InChI=1S/C20H24N2O2/c1-24-19-9-7-18(8-10-19)22-12-11-17(15-22)14-21-20(23)13-16-5-3-2-4-6-16/h2-10,17H,11-15H2,1H3,(H,21,23). The Labute approximate surface area is 143 Å². The number of anilines is 1. The second-order valence-electron chi connectivity index (χ2n) is 6.27. The highest BCUT2D eigenvalue weighted by Gasteiger charge is 2.23. The zero-order chi connectivity index (χ0) is 16.8. The zero-order valence-corrected chi connectivity index (χ0v) is 14.1. The van der Waals surface area contributed by atoms with Crippen molar-refractivity contribution in [3.63, 3.8) is 0 Å². The molecule has 0 saturated carbocycles. The largest absolute Gasteiger partial charge is 0.497 e. The van der Waals surface area contributed by atoms with Crippen molar-refractivity contribution in [2.75, 3.05) is 31.6 Å². The predicted molar refractivity (Wildman–Crippen MR) is 96.5 cm³/mol. The Hall–Kier alpha value is -2.49. The van der Waals surface area contributed by atoms with Gasteiger partial charge in [0.1, 0.15) is 5.75 Å². The van der Waals surface area contributed by atoms with E-state index in [1.165, 1.54) is 5.69 Å². The normalized spacial score (nSPS) is 16.9. The molecule has 4 heteroatoms. The summed E-state index contributed by atoms with van der Waals surface area (Å²) in [6.07, 6.45) is 1.56. The quantitative estimate of drug-likeness (QED) is 0.888. The lowest BCUT2D eigenvalue weighted by Crippen LogP contribution is -2.32. The maximum absolute atomic E-state index is 12.1. The summed E-state index contributed by atoms with van der Waals surface area (Å²) in [6.45, 7) is 2.77. The number of benzene rings is 2. The molecule has 1 heterocycles. The fourth-order valence-corrected chi connectivity index (χ4v) is 3.13. The topological polar surface area (TPSA) is 41.6 Å². The first-order chi connectivity index (χ1) is 11.7. The van der Waals surface area contributed by atoms with Crippen molar-refractivity contribution < 1.29 is 9.53 Å². The molecule has 0 spiro atoms. The van der Waals surface area contributed by atoms with Crippen molar-refractivity contribution in [1.29, 1.82) is 0 Å². The summed E-state index contributed by atoms with van der Waals surface area (Å²) in [5, 5.41) is 3.08. The van der Waals surface area contributed by atoms with Crippen molar-refractivity contribution in [1.82, 2.24) is 5.32 Å². The van der Waals surface area contributed by atoms with Gasteiger partial charge in [-0.15, -0.1) is 0 Å². The van der Waals surface area contributed by atoms with E-state index in [2.05, 4.69) is 22.3 Å². The number of nitrogens with one attached hydrogen (secondary N) is 1. The number of methoxy groups -OCH3 is 1. The van der Waals surface area contributed by atoms with Gasteiger partial charge in [0, 0.05) is 25.3 Å². The minimum atomic E-state index is 0.101. The highest BCUT2D eigenvalue weighted by Crippen LogP contribution is 2.25. The van der Waals surface area contributed by atoms with Crippen LogP contribution in [0.4, 0.5) is 5.69 Å². The van der Waals surface area contributed by atoms with E-state index in [0.717, 1.165) is 37.4 Å². The molecule has 0 bridgehead atoms. The van der Waals surface area contributed by atoms with Crippen LogP contribution in [-0.2, 0) is 11.2 Å². The van der Waals surface area contributed by atoms with E-state index >= 15 is 0 Å². The predicted octanol–water partition coefficient (Wildman–Crippen LogP) is 2.88. The molecule has 1 amide bonds. The first-order valence-corrected chi connectivity index (χ1v) is 8.44. The van der Waals surface area contributed by atoms with Gasteiger partial charge in [0.05, 0.1) is 13.5 Å². The van der Waals surface area contributed by atoms with Gasteiger partial charge < -0.3 is 15.0 Å². The molecule has 1 saturated heterocycles. The Balaban J connectivity index is 1.45. The van der Waals surface area contributed by atoms with E-state index in [1.54, 1.807) is 7.11 Å². The maximum atomic E-state index is 12.1. The molecule has 4 nitrogen and oxygen atoms in total. The van der Waals surface area contributed by atoms with Crippen LogP contribution in [0.5, 0.6) is 5.75 Å². The van der Waals surface area contributed by atoms with Gasteiger partial charge in [-0.2, -0.15) is 0 Å². The highest BCUT2D eigenvalue weighted by atomic mass is 16.5. The van der Waals surface area contributed by atoms with Gasteiger partial charge in [-0.05, 0) is 42.2 Å². The maximum Gasteiger partial charge on any atom is 0.224 e. The average molecular weight is 324 g/mol. The molecular formula is C20H24N2O2. The Morgan fingerprint density at radius 1 is 1.17 bits per heavy atom. The minimum Gasteiger partial charge on any atom is -0.497 e. The zero-order valence-electron chi connectivity index (χ0n) is 14.1. The fourth-order valence-electron chi connectivity index (χ4n) is 3.13. The van der Waals surface area contributed by atoms with E-state index in [-0.39, 0.29) is 5.91 Å². The summed E-state index contributed by atoms with van der Waals surface area (Å²) in [5.74, 6) is 1.48. The number of carbonyl (C=O) groups is 1. The number of ether oxygens (including phenoxy) is 1. The summed E-state index contributed by atoms with van der Waals surface area (Å²) >= 11 is 0. The highest BCUT2D eigenvalue weighted by molar-refractivity contribution is 5.78. The van der Waals surface area contributed by atoms with Crippen LogP contribution < -0.4 is 15.0 Å². The molecule has 1 aliphatic rings. The van der Waals surface area contributed by atoms with E-state index in [1.807, 2.05) is 42.5 Å². The Morgan fingerprint density at radius 2 is 1.92 bits per heavy atom. The van der Waals surface area contributed by atoms with Crippen molar-refractivity contribution in [2.24, 2.45) is 5.92 Å². The molecule has 1 N–H and O–H groups in total. The lowest BCUT2D eigenvalue weighted by molar-refractivity contribution is -0.120. The molecule has 3 rings (SSSR count). The average Bonchev–Trinajstić information content (AvgIpc) is 3.10. The molecule has 1 aliphatic heterocycles. The SMILES string of the molecule is COc1ccc(N2CCC(CNC(=O)Cc3ccccc3)C2)cc1. The van der Waals surface area contributed by atoms with Crippen molar-refractivity contribution in [3.8, 4) is 5.75 Å². The summed E-state index contributed by atoms with van der Waals surface area (Å²) in [6, 6.07) is 18.0. The molecule has 1 fully saturated rings. The third-order valence-corrected chi connectivity index (χ3v) is 4.52. The summed E-state index contributed by atoms with van der Waals surface area (Å²) in [7, 11) is 1.68. The number of nitrogens with zero attached hydrogens (tertiary/aromatic N) is 1. The molecule has 0 aliphatic carbocycles. The van der Waals surface area contributed by atoms with Crippen molar-refractivity contribution in [3.05, 3.63) is 60.2 Å². The van der Waals surface area contributed by atoms with Crippen LogP contribution in [0.25, 0.3) is 0 Å². The summed E-state index contributed by atoms with van der Waals surface area (Å²) < 4.78 is 5.20. The Morgan fingerprint density at radius 3 is 2.62 bits per heavy atom. The third-order valence-electron chi connectivity index (χ3n) is 4.52. The molecule has 0 radical (unpaired) electrons. The van der Waals surface area contributed by atoms with Crippen LogP contribution in [0.2, 0.25) is 0 Å². The molecule has 24 heavy (non-hydrogen) atoms. The smallest absolute Gasteiger partial charge is 0.224 e. The van der Waals surface area contributed by atoms with E-state index in [4.69, 9.17) is 4.74 Å². The lowest BCUT2D eigenvalue weighted by Gasteiger charge is -2.19. The van der Waals surface area contributed by atoms with Gasteiger partial charge in [-0.3, -0.25) is 4.79 Å². The number of hydrogen-bond acceptors (Lipinski definition) is 3. The van der Waals surface area contributed by atoms with Gasteiger partial charge in [-0.1, -0.05) is 30.3 Å². The van der Waals surface area contributed by atoms with Crippen LogP contribution in [0.1, 0.15) is 12.0 Å². The first kappa shape index (κ1) is 16.4. The number of carbonyl (C=O) groups excluding carboxylic acids is 1. The van der Waals surface area contributed by atoms with Gasteiger partial charge >= 0.3 is 0 Å². The summed E-state index contributed by atoms with van der Waals surface area (Å²) in [5.41, 5.74) is 2.27. The Kier molecular flexibility index (Phi) is 5.36. The molecule has 1 atom stereocenters. The van der Waals surface area contributed by atoms with Crippen molar-refractivity contribution in [2.45, 2.75) is 12.8 Å². The minimum absolute atomic E-state index is 0.101. The van der Waals surface area contributed by atoms with E-state index in [0.29, 0.717) is 12.3 Å². The number of amides is 1.